The second-order valence-corrected chi connectivity index (χ2v) is 8.14. The van der Waals surface area contributed by atoms with Crippen LogP contribution in [0.25, 0.3) is 5.65 Å². The van der Waals surface area contributed by atoms with E-state index in [-0.39, 0.29) is 5.91 Å². The monoisotopic (exact) mass is 417 g/mol. The van der Waals surface area contributed by atoms with E-state index in [1.807, 2.05) is 30.3 Å². The SMILES string of the molecule is Cc1ccc(C)c(CSc2ccc3nnc(CCNC(=O)c4ccccc4)n3n2)c1. The molecule has 0 unspecified atom stereocenters. The van der Waals surface area contributed by atoms with Crippen LogP contribution >= 0.6 is 11.8 Å². The fraction of sp³-hybridized carbons (Fsp3) is 0.217. The van der Waals surface area contributed by atoms with E-state index in [9.17, 15) is 4.79 Å². The molecule has 2 aromatic carbocycles. The van der Waals surface area contributed by atoms with Gasteiger partial charge >= 0.3 is 0 Å². The quantitative estimate of drug-likeness (QED) is 0.460. The molecular weight excluding hydrogens is 394 g/mol. The maximum absolute atomic E-state index is 12.2. The van der Waals surface area contributed by atoms with Crippen LogP contribution in [0.4, 0.5) is 0 Å². The molecule has 0 saturated heterocycles. The van der Waals surface area contributed by atoms with Crippen LogP contribution in [-0.4, -0.2) is 32.3 Å². The predicted molar refractivity (Wildman–Crippen MR) is 119 cm³/mol. The molecule has 0 aliphatic rings. The van der Waals surface area contributed by atoms with Gasteiger partial charge in [-0.25, -0.2) is 0 Å². The standard InChI is InChI=1S/C23H23N5OS/c1-16-8-9-17(2)19(14-16)15-30-22-11-10-20-25-26-21(28(20)27-22)12-13-24-23(29)18-6-4-3-5-7-18/h3-11,14H,12-13,15H2,1-2H3,(H,24,29). The average Bonchev–Trinajstić information content (AvgIpc) is 3.17. The number of nitrogens with one attached hydrogen (secondary N) is 1. The molecule has 0 saturated carbocycles. The van der Waals surface area contributed by atoms with Crippen LogP contribution in [-0.2, 0) is 12.2 Å². The Balaban J connectivity index is 1.41. The van der Waals surface area contributed by atoms with Gasteiger partial charge in [0, 0.05) is 24.3 Å². The molecule has 2 heterocycles. The summed E-state index contributed by atoms with van der Waals surface area (Å²) < 4.78 is 1.76. The lowest BCUT2D eigenvalue weighted by Gasteiger charge is -2.07. The lowest BCUT2D eigenvalue weighted by atomic mass is 10.1. The fourth-order valence-corrected chi connectivity index (χ4v) is 4.05. The van der Waals surface area contributed by atoms with Crippen LogP contribution in [0.1, 0.15) is 32.9 Å². The summed E-state index contributed by atoms with van der Waals surface area (Å²) in [6, 6.07) is 19.6. The van der Waals surface area contributed by atoms with Crippen LogP contribution in [0.2, 0.25) is 0 Å². The highest BCUT2D eigenvalue weighted by atomic mass is 32.2. The van der Waals surface area contributed by atoms with E-state index in [4.69, 9.17) is 5.10 Å². The predicted octanol–water partition coefficient (Wildman–Crippen LogP) is 4.01. The van der Waals surface area contributed by atoms with Crippen molar-refractivity contribution in [3.8, 4) is 0 Å². The van der Waals surface area contributed by atoms with Gasteiger partial charge in [0.2, 0.25) is 0 Å². The Morgan fingerprint density at radius 1 is 1.03 bits per heavy atom. The molecule has 0 atom stereocenters. The van der Waals surface area contributed by atoms with Gasteiger partial charge in [0.15, 0.2) is 11.5 Å². The smallest absolute Gasteiger partial charge is 0.251 e. The maximum Gasteiger partial charge on any atom is 0.251 e. The molecule has 1 N–H and O–H groups in total. The Kier molecular flexibility index (Phi) is 6.09. The number of thioether (sulfide) groups is 1. The van der Waals surface area contributed by atoms with Gasteiger partial charge in [-0.1, -0.05) is 53.7 Å². The first kappa shape index (κ1) is 20.1. The van der Waals surface area contributed by atoms with Gasteiger partial charge in [-0.2, -0.15) is 9.61 Å². The first-order valence-corrected chi connectivity index (χ1v) is 10.8. The molecule has 2 aromatic heterocycles. The van der Waals surface area contributed by atoms with E-state index >= 15 is 0 Å². The molecular formula is C23H23N5OS. The number of aromatic nitrogens is 4. The number of amides is 1. The molecule has 30 heavy (non-hydrogen) atoms. The number of nitrogens with zero attached hydrogens (tertiary/aromatic N) is 4. The molecule has 0 bridgehead atoms. The molecule has 0 fully saturated rings. The van der Waals surface area contributed by atoms with Gasteiger partial charge in [0.25, 0.3) is 5.91 Å². The van der Waals surface area contributed by atoms with Crippen LogP contribution in [0.3, 0.4) is 0 Å². The highest BCUT2D eigenvalue weighted by Crippen LogP contribution is 2.23. The first-order valence-electron chi connectivity index (χ1n) is 9.84. The minimum Gasteiger partial charge on any atom is -0.352 e. The van der Waals surface area contributed by atoms with Crippen molar-refractivity contribution in [1.82, 2.24) is 25.1 Å². The summed E-state index contributed by atoms with van der Waals surface area (Å²) in [4.78, 5) is 12.2. The third-order valence-corrected chi connectivity index (χ3v) is 5.82. The highest BCUT2D eigenvalue weighted by Gasteiger charge is 2.10. The van der Waals surface area contributed by atoms with Crippen LogP contribution in [0, 0.1) is 13.8 Å². The molecule has 0 aliphatic carbocycles. The van der Waals surface area contributed by atoms with Crippen molar-refractivity contribution < 1.29 is 4.79 Å². The number of hydrogen-bond donors (Lipinski definition) is 1. The number of fused-ring (bicyclic) bond motifs is 1. The highest BCUT2D eigenvalue weighted by molar-refractivity contribution is 7.98. The largest absolute Gasteiger partial charge is 0.352 e. The van der Waals surface area contributed by atoms with Gasteiger partial charge in [-0.15, -0.1) is 10.2 Å². The number of benzene rings is 2. The van der Waals surface area contributed by atoms with Gasteiger partial charge < -0.3 is 5.32 Å². The van der Waals surface area contributed by atoms with Crippen molar-refractivity contribution in [2.24, 2.45) is 0 Å². The van der Waals surface area contributed by atoms with E-state index in [1.54, 1.807) is 28.4 Å². The first-order chi connectivity index (χ1) is 14.6. The molecule has 0 spiro atoms. The van der Waals surface area contributed by atoms with Crippen molar-refractivity contribution in [3.63, 3.8) is 0 Å². The zero-order chi connectivity index (χ0) is 20.9. The summed E-state index contributed by atoms with van der Waals surface area (Å²) in [6.45, 7) is 4.71. The number of carbonyl (C=O) groups excluding carboxylic acids is 1. The third kappa shape index (κ3) is 4.68. The molecule has 1 amide bonds. The van der Waals surface area contributed by atoms with Crippen molar-refractivity contribution in [1.29, 1.82) is 0 Å². The van der Waals surface area contributed by atoms with Gasteiger partial charge in [-0.05, 0) is 49.2 Å². The molecule has 0 aliphatic heterocycles. The molecule has 0 radical (unpaired) electrons. The van der Waals surface area contributed by atoms with Crippen LogP contribution in [0.5, 0.6) is 0 Å². The second kappa shape index (κ2) is 9.09. The summed E-state index contributed by atoms with van der Waals surface area (Å²) in [5, 5.41) is 17.0. The Hall–Kier alpha value is -3.19. The fourth-order valence-electron chi connectivity index (χ4n) is 3.14. The topological polar surface area (TPSA) is 72.2 Å². The zero-order valence-electron chi connectivity index (χ0n) is 17.0. The van der Waals surface area contributed by atoms with E-state index < -0.39 is 0 Å². The van der Waals surface area contributed by atoms with E-state index in [0.717, 1.165) is 16.6 Å². The molecule has 152 valence electrons. The lowest BCUT2D eigenvalue weighted by molar-refractivity contribution is 0.0954. The Labute approximate surface area is 179 Å². The summed E-state index contributed by atoms with van der Waals surface area (Å²) in [6.07, 6.45) is 0.553. The van der Waals surface area contributed by atoms with E-state index in [1.165, 1.54) is 16.7 Å². The maximum atomic E-state index is 12.2. The number of hydrogen-bond acceptors (Lipinski definition) is 5. The van der Waals surface area contributed by atoms with Gasteiger partial charge in [-0.3, -0.25) is 4.79 Å². The molecule has 4 aromatic rings. The summed E-state index contributed by atoms with van der Waals surface area (Å²) in [7, 11) is 0. The van der Waals surface area contributed by atoms with Gasteiger partial charge in [0.1, 0.15) is 5.03 Å². The summed E-state index contributed by atoms with van der Waals surface area (Å²) >= 11 is 1.69. The Bertz CT molecular complexity index is 1170. The number of carbonyl (C=O) groups is 1. The van der Waals surface area contributed by atoms with Crippen molar-refractivity contribution >= 4 is 23.3 Å². The van der Waals surface area contributed by atoms with Crippen LogP contribution < -0.4 is 5.32 Å². The number of aryl methyl sites for hydroxylation is 2. The Morgan fingerprint density at radius 2 is 1.87 bits per heavy atom. The normalized spacial score (nSPS) is 11.0. The summed E-state index contributed by atoms with van der Waals surface area (Å²) in [5.41, 5.74) is 5.21. The lowest BCUT2D eigenvalue weighted by Crippen LogP contribution is -2.26. The molecule has 7 heteroatoms. The average molecular weight is 418 g/mol. The minimum absolute atomic E-state index is 0.0952. The Morgan fingerprint density at radius 3 is 2.70 bits per heavy atom. The zero-order valence-corrected chi connectivity index (χ0v) is 17.8. The van der Waals surface area contributed by atoms with Crippen molar-refractivity contribution in [2.75, 3.05) is 6.54 Å². The minimum atomic E-state index is -0.0952. The van der Waals surface area contributed by atoms with Gasteiger partial charge in [0.05, 0.1) is 0 Å². The van der Waals surface area contributed by atoms with Crippen molar-refractivity contribution in [3.05, 3.63) is 88.7 Å². The molecule has 4 rings (SSSR count). The summed E-state index contributed by atoms with van der Waals surface area (Å²) in [5.74, 6) is 1.49. The second-order valence-electron chi connectivity index (χ2n) is 7.15. The van der Waals surface area contributed by atoms with E-state index in [2.05, 4.69) is 47.6 Å². The van der Waals surface area contributed by atoms with Crippen molar-refractivity contribution in [2.45, 2.75) is 31.0 Å². The number of rotatable bonds is 7. The van der Waals surface area contributed by atoms with E-state index in [0.29, 0.717) is 24.2 Å². The van der Waals surface area contributed by atoms with Crippen LogP contribution in [0.15, 0.2) is 65.7 Å². The molecule has 6 nitrogen and oxygen atoms in total. The third-order valence-electron chi connectivity index (χ3n) is 4.85.